The van der Waals surface area contributed by atoms with Crippen LogP contribution in [0.3, 0.4) is 0 Å². The van der Waals surface area contributed by atoms with Gasteiger partial charge in [0.15, 0.2) is 0 Å². The molecule has 0 fully saturated rings. The third kappa shape index (κ3) is 12900. The van der Waals surface area contributed by atoms with Crippen molar-refractivity contribution < 1.29 is 148 Å². The topological polar surface area (TPSA) is 190 Å². The summed E-state index contributed by atoms with van der Waals surface area (Å²) in [5, 5.41) is 50.0. The molecule has 0 spiro atoms. The Morgan fingerprint density at radius 2 is 0.250 bits per heavy atom. The van der Waals surface area contributed by atoms with Gasteiger partial charge in [-0.25, -0.2) is 0 Å². The number of rotatable bonds is 0. The number of hydrogen-bond donors (Lipinski definition) is 0. The molecule has 12 heteroatoms. The van der Waals surface area contributed by atoms with Gasteiger partial charge in [0.2, 0.25) is 0 Å². The molecule has 0 unspecified atom stereocenters. The second-order valence-electron chi connectivity index (χ2n) is 0. The van der Waals surface area contributed by atoms with Crippen LogP contribution in [0.4, 0.5) is 0 Å². The van der Waals surface area contributed by atoms with Crippen LogP contribution in [0.1, 0.15) is 0 Å². The van der Waals surface area contributed by atoms with Crippen molar-refractivity contribution in [2.45, 2.75) is 0 Å². The Balaban J connectivity index is -0.00000000356. The summed E-state index contributed by atoms with van der Waals surface area (Å²) in [5.41, 5.74) is 0. The van der Waals surface area contributed by atoms with Crippen LogP contribution in [0, 0.1) is 94.7 Å². The van der Waals surface area contributed by atoms with Gasteiger partial charge in [-0.05, 0) is 0 Å². The molecule has 0 bridgehead atoms. The zero-order valence-corrected chi connectivity index (χ0v) is 20.8. The van der Waals surface area contributed by atoms with Gasteiger partial charge in [-0.2, -0.15) is 0 Å². The van der Waals surface area contributed by atoms with Crippen LogP contribution < -0.4 is 103 Å². The monoisotopic (exact) mass is 680 g/mol. The van der Waals surface area contributed by atoms with Crippen LogP contribution in [0.5, 0.6) is 0 Å². The van der Waals surface area contributed by atoms with Gasteiger partial charge >= 0.3 is 148 Å². The Bertz CT molecular complexity index is 144. The Morgan fingerprint density at radius 3 is 0.250 bits per heavy atom. The quantitative estimate of drug-likeness (QED) is 0.179. The van der Waals surface area contributed by atoms with Gasteiger partial charge in [0.05, 0.1) is 0 Å². The van der Waals surface area contributed by atoms with Crippen molar-refractivity contribution in [1.82, 2.24) is 0 Å². The number of nitrogens with zero attached hydrogens (tertiary/aromatic N) is 8. The first-order valence-corrected chi connectivity index (χ1v) is 1.79. The molecule has 20 heavy (non-hydrogen) atoms. The molecule has 0 aliphatic heterocycles. The molecule has 0 aromatic heterocycles. The van der Waals surface area contributed by atoms with E-state index in [1.807, 2.05) is 0 Å². The molecular weight excluding hydrogens is 680 g/mol. The zero-order valence-electron chi connectivity index (χ0n) is 10.2. The molecule has 8 nitrogen and oxygen atoms in total. The Labute approximate surface area is 237 Å². The largest absolute Gasteiger partial charge is 3.00 e. The second kappa shape index (κ2) is 15100. The van der Waals surface area contributed by atoms with E-state index < -0.39 is 0 Å². The molecule has 0 aromatic carbocycles. The zero-order chi connectivity index (χ0) is 16.0. The minimum atomic E-state index is 0. The third-order valence-corrected chi connectivity index (χ3v) is 0. The summed E-state index contributed by atoms with van der Waals surface area (Å²) in [7, 11) is 0. The summed E-state index contributed by atoms with van der Waals surface area (Å²) < 4.78 is 0. The molecule has 0 saturated carbocycles. The molecule has 0 aliphatic carbocycles. The predicted octanol–water partition coefficient (Wildman–Crippen LogP) is -5.23. The van der Waals surface area contributed by atoms with Crippen molar-refractivity contribution in [3.63, 3.8) is 0 Å². The van der Waals surface area contributed by atoms with E-state index in [-0.39, 0.29) is 148 Å². The van der Waals surface area contributed by atoms with Crippen molar-refractivity contribution in [2.24, 2.45) is 0 Å². The minimum Gasteiger partial charge on any atom is -0.512 e. The van der Waals surface area contributed by atoms with Crippen molar-refractivity contribution >= 4 is 0 Å². The molecule has 96 valence electrons. The molecule has 0 rings (SSSR count). The van der Waals surface area contributed by atoms with Crippen molar-refractivity contribution in [1.29, 1.82) is 42.1 Å². The molecule has 0 aliphatic rings. The summed E-state index contributed by atoms with van der Waals surface area (Å²) in [5.74, 6) is 0. The van der Waals surface area contributed by atoms with Crippen molar-refractivity contribution in [3.8, 4) is 0 Å². The summed E-state index contributed by atoms with van der Waals surface area (Å²) >= 11 is 0. The van der Waals surface area contributed by atoms with Crippen LogP contribution in [-0.2, 0) is 44.8 Å². The van der Waals surface area contributed by atoms with E-state index in [0.29, 0.717) is 0 Å². The molecule has 0 heterocycles. The van der Waals surface area contributed by atoms with E-state index in [4.69, 9.17) is 94.7 Å². The maximum Gasteiger partial charge on any atom is 3.00 e. The summed E-state index contributed by atoms with van der Waals surface area (Å²) in [6.45, 7) is 38.0. The fourth-order valence-electron chi connectivity index (χ4n) is 0. The minimum absolute atomic E-state index is 0. The average molecular weight is 680 g/mol. The van der Waals surface area contributed by atoms with E-state index >= 15 is 0 Å². The van der Waals surface area contributed by atoms with Gasteiger partial charge in [0, 0.05) is 0 Å². The standard InChI is InChI=1S/8CN.2Au.2K/c8*1-2;;;;/q8*-1;2*+3;2*+1. The molecule has 0 N–H and O–H groups in total. The molecule has 0 radical (unpaired) electrons. The molecule has 0 aromatic rings. The van der Waals surface area contributed by atoms with Gasteiger partial charge in [-0.1, -0.05) is 0 Å². The Hall–Kier alpha value is 0.673. The van der Waals surface area contributed by atoms with Crippen LogP contribution in [-0.4, -0.2) is 0 Å². The summed E-state index contributed by atoms with van der Waals surface area (Å²) in [4.78, 5) is 0. The van der Waals surface area contributed by atoms with Gasteiger partial charge in [0.25, 0.3) is 0 Å². The summed E-state index contributed by atoms with van der Waals surface area (Å²) in [6.07, 6.45) is 0. The maximum atomic E-state index is 6.25. The SMILES string of the molecule is [Au+3].[Au+3].[C-]#N.[C-]#N.[C-]#N.[C-]#N.[C-]#N.[C-]#N.[C-]#N.[C-]#N.[K+].[K+]. The second-order valence-corrected chi connectivity index (χ2v) is 0. The molecule has 0 saturated heterocycles. The van der Waals surface area contributed by atoms with Crippen LogP contribution >= 0.6 is 0 Å². The Kier molecular flexibility index (Phi) is 80500. The maximum absolute atomic E-state index is 6.25. The van der Waals surface area contributed by atoms with E-state index in [2.05, 4.69) is 0 Å². The van der Waals surface area contributed by atoms with Crippen molar-refractivity contribution in [3.05, 3.63) is 52.6 Å². The first-order chi connectivity index (χ1) is 8.00. The van der Waals surface area contributed by atoms with E-state index in [9.17, 15) is 0 Å². The van der Waals surface area contributed by atoms with E-state index in [1.54, 1.807) is 0 Å². The third-order valence-electron chi connectivity index (χ3n) is 0. The van der Waals surface area contributed by atoms with Crippen LogP contribution in [0.2, 0.25) is 0 Å². The first kappa shape index (κ1) is 106. The smallest absolute Gasteiger partial charge is 0.512 e. The van der Waals surface area contributed by atoms with E-state index in [1.165, 1.54) is 0 Å². The van der Waals surface area contributed by atoms with Crippen molar-refractivity contribution in [2.75, 3.05) is 0 Å². The molecule has 0 amide bonds. The molecule has 0 atom stereocenters. The van der Waals surface area contributed by atoms with Gasteiger partial charge in [-0.3, -0.25) is 0 Å². The average Bonchev–Trinajstić information content (AvgIpc) is 2.54. The fourth-order valence-corrected chi connectivity index (χ4v) is 0. The first-order valence-electron chi connectivity index (χ1n) is 1.79. The number of hydrogen-bond acceptors (Lipinski definition) is 8. The fraction of sp³-hybridized carbons (Fsp3) is 0. The van der Waals surface area contributed by atoms with Gasteiger partial charge < -0.3 is 94.7 Å². The van der Waals surface area contributed by atoms with Gasteiger partial charge in [-0.15, -0.1) is 0 Å². The summed E-state index contributed by atoms with van der Waals surface area (Å²) in [6, 6.07) is 0. The normalized spacial score (nSPS) is 0.800. The van der Waals surface area contributed by atoms with Crippen LogP contribution in [0.15, 0.2) is 0 Å². The van der Waals surface area contributed by atoms with Crippen LogP contribution in [0.25, 0.3) is 0 Å². The Morgan fingerprint density at radius 1 is 0.250 bits per heavy atom. The van der Waals surface area contributed by atoms with Gasteiger partial charge in [0.1, 0.15) is 0 Å². The predicted molar refractivity (Wildman–Crippen MR) is 39.7 cm³/mol. The molecular formula is C8Au2K2N8. The van der Waals surface area contributed by atoms with E-state index in [0.717, 1.165) is 0 Å².